The van der Waals surface area contributed by atoms with Crippen LogP contribution in [0.2, 0.25) is 0 Å². The van der Waals surface area contributed by atoms with Crippen LogP contribution < -0.4 is 5.32 Å². The van der Waals surface area contributed by atoms with Gasteiger partial charge in [0.25, 0.3) is 0 Å². The van der Waals surface area contributed by atoms with Gasteiger partial charge < -0.3 is 20.1 Å². The van der Waals surface area contributed by atoms with Gasteiger partial charge >= 0.3 is 12.0 Å². The standard InChI is InChI=1S/C11H20N2O4/c1-8-4-3-5-13(7-8)11(16)12-6-9(17-2)10(14)15/h8-9H,3-7H2,1-2H3,(H,12,16)(H,14,15). The Balaban J connectivity index is 2.35. The van der Waals surface area contributed by atoms with E-state index in [-0.39, 0.29) is 12.6 Å². The molecule has 0 aromatic carbocycles. The second kappa shape index (κ2) is 6.44. The Morgan fingerprint density at radius 2 is 2.29 bits per heavy atom. The van der Waals surface area contributed by atoms with E-state index in [1.807, 2.05) is 0 Å². The fraction of sp³-hybridized carbons (Fsp3) is 0.818. The molecule has 2 amide bonds. The third-order valence-electron chi connectivity index (χ3n) is 2.94. The molecular formula is C11H20N2O4. The number of nitrogens with zero attached hydrogens (tertiary/aromatic N) is 1. The van der Waals surface area contributed by atoms with Crippen molar-refractivity contribution in [2.24, 2.45) is 5.92 Å². The highest BCUT2D eigenvalue weighted by molar-refractivity contribution is 5.77. The summed E-state index contributed by atoms with van der Waals surface area (Å²) in [5.41, 5.74) is 0. The van der Waals surface area contributed by atoms with Crippen LogP contribution in [-0.2, 0) is 9.53 Å². The molecule has 2 N–H and O–H groups in total. The van der Waals surface area contributed by atoms with Crippen LogP contribution in [0.15, 0.2) is 0 Å². The highest BCUT2D eigenvalue weighted by atomic mass is 16.5. The van der Waals surface area contributed by atoms with E-state index >= 15 is 0 Å². The Morgan fingerprint density at radius 1 is 1.59 bits per heavy atom. The number of methoxy groups -OCH3 is 1. The Labute approximate surface area is 101 Å². The Kier molecular flexibility index (Phi) is 5.21. The minimum Gasteiger partial charge on any atom is -0.479 e. The lowest BCUT2D eigenvalue weighted by molar-refractivity contribution is -0.148. The first-order valence-electron chi connectivity index (χ1n) is 5.83. The Bertz CT molecular complexity index is 283. The van der Waals surface area contributed by atoms with Crippen molar-refractivity contribution in [3.63, 3.8) is 0 Å². The molecule has 6 heteroatoms. The molecular weight excluding hydrogens is 224 g/mol. The van der Waals surface area contributed by atoms with Gasteiger partial charge in [-0.15, -0.1) is 0 Å². The van der Waals surface area contributed by atoms with Crippen molar-refractivity contribution >= 4 is 12.0 Å². The highest BCUT2D eigenvalue weighted by Crippen LogP contribution is 2.15. The predicted octanol–water partition coefficient (Wildman–Crippen LogP) is 0.527. The van der Waals surface area contributed by atoms with E-state index in [1.54, 1.807) is 4.90 Å². The first-order chi connectivity index (χ1) is 8.04. The maximum atomic E-state index is 11.8. The van der Waals surface area contributed by atoms with Crippen LogP contribution in [0.3, 0.4) is 0 Å². The number of carboxylic acids is 1. The van der Waals surface area contributed by atoms with Crippen molar-refractivity contribution in [3.8, 4) is 0 Å². The van der Waals surface area contributed by atoms with Crippen molar-refractivity contribution in [1.29, 1.82) is 0 Å². The molecule has 0 bridgehead atoms. The summed E-state index contributed by atoms with van der Waals surface area (Å²) in [6, 6.07) is -0.208. The number of rotatable bonds is 4. The molecule has 0 aromatic heterocycles. The van der Waals surface area contributed by atoms with Crippen molar-refractivity contribution < 1.29 is 19.4 Å². The number of carbonyl (C=O) groups excluding carboxylic acids is 1. The first-order valence-corrected chi connectivity index (χ1v) is 5.83. The molecule has 17 heavy (non-hydrogen) atoms. The van der Waals surface area contributed by atoms with Crippen molar-refractivity contribution in [2.45, 2.75) is 25.9 Å². The number of aliphatic carboxylic acids is 1. The van der Waals surface area contributed by atoms with E-state index < -0.39 is 12.1 Å². The van der Waals surface area contributed by atoms with Crippen molar-refractivity contribution in [2.75, 3.05) is 26.7 Å². The normalized spacial score (nSPS) is 22.0. The van der Waals surface area contributed by atoms with Gasteiger partial charge in [-0.2, -0.15) is 0 Å². The fourth-order valence-electron chi connectivity index (χ4n) is 1.94. The Morgan fingerprint density at radius 3 is 2.82 bits per heavy atom. The van der Waals surface area contributed by atoms with Gasteiger partial charge in [-0.3, -0.25) is 0 Å². The number of ether oxygens (including phenoxy) is 1. The van der Waals surface area contributed by atoms with Crippen molar-refractivity contribution in [1.82, 2.24) is 10.2 Å². The molecule has 0 saturated carbocycles. The van der Waals surface area contributed by atoms with E-state index in [2.05, 4.69) is 12.2 Å². The zero-order valence-electron chi connectivity index (χ0n) is 10.3. The summed E-state index contributed by atoms with van der Waals surface area (Å²) >= 11 is 0. The summed E-state index contributed by atoms with van der Waals surface area (Å²) in [4.78, 5) is 24.2. The van der Waals surface area contributed by atoms with Gasteiger partial charge in [-0.1, -0.05) is 6.92 Å². The molecule has 1 saturated heterocycles. The maximum Gasteiger partial charge on any atom is 0.334 e. The largest absolute Gasteiger partial charge is 0.479 e. The number of urea groups is 1. The molecule has 2 atom stereocenters. The lowest BCUT2D eigenvalue weighted by Crippen LogP contribution is -2.48. The summed E-state index contributed by atoms with van der Waals surface area (Å²) in [6.07, 6.45) is 1.15. The molecule has 1 heterocycles. The number of hydrogen-bond acceptors (Lipinski definition) is 3. The first kappa shape index (κ1) is 13.8. The van der Waals surface area contributed by atoms with Gasteiger partial charge in [-0.05, 0) is 18.8 Å². The summed E-state index contributed by atoms with van der Waals surface area (Å²) in [6.45, 7) is 3.57. The number of hydrogen-bond donors (Lipinski definition) is 2. The molecule has 0 aliphatic carbocycles. The summed E-state index contributed by atoms with van der Waals surface area (Å²) in [7, 11) is 1.31. The van der Waals surface area contributed by atoms with Crippen LogP contribution in [0.4, 0.5) is 4.79 Å². The van der Waals surface area contributed by atoms with Crippen LogP contribution >= 0.6 is 0 Å². The van der Waals surface area contributed by atoms with E-state index in [1.165, 1.54) is 7.11 Å². The topological polar surface area (TPSA) is 78.9 Å². The van der Waals surface area contributed by atoms with Gasteiger partial charge in [0.1, 0.15) is 0 Å². The van der Waals surface area contributed by atoms with E-state index in [9.17, 15) is 9.59 Å². The smallest absolute Gasteiger partial charge is 0.334 e. The highest BCUT2D eigenvalue weighted by Gasteiger charge is 2.23. The monoisotopic (exact) mass is 244 g/mol. The number of likely N-dealkylation sites (tertiary alicyclic amines) is 1. The van der Waals surface area contributed by atoms with E-state index in [0.717, 1.165) is 25.9 Å². The number of carbonyl (C=O) groups is 2. The minimum absolute atomic E-state index is 0.00442. The number of piperidine rings is 1. The zero-order valence-corrected chi connectivity index (χ0v) is 10.3. The lowest BCUT2D eigenvalue weighted by atomic mass is 10.0. The van der Waals surface area contributed by atoms with Crippen LogP contribution in [0.1, 0.15) is 19.8 Å². The van der Waals surface area contributed by atoms with Crippen LogP contribution in [0.25, 0.3) is 0 Å². The fourth-order valence-corrected chi connectivity index (χ4v) is 1.94. The third kappa shape index (κ3) is 4.22. The van der Waals surface area contributed by atoms with Gasteiger partial charge in [0.05, 0.1) is 6.54 Å². The SMILES string of the molecule is COC(CNC(=O)N1CCCC(C)C1)C(=O)O. The van der Waals surface area contributed by atoms with Crippen LogP contribution in [0.5, 0.6) is 0 Å². The molecule has 2 unspecified atom stereocenters. The quantitative estimate of drug-likeness (QED) is 0.756. The molecule has 1 fully saturated rings. The Hall–Kier alpha value is -1.30. The zero-order chi connectivity index (χ0) is 12.8. The second-order valence-electron chi connectivity index (χ2n) is 4.44. The van der Waals surface area contributed by atoms with Gasteiger partial charge in [0, 0.05) is 20.2 Å². The molecule has 0 spiro atoms. The number of nitrogens with one attached hydrogen (secondary N) is 1. The van der Waals surface area contributed by atoms with Crippen molar-refractivity contribution in [3.05, 3.63) is 0 Å². The molecule has 1 aliphatic rings. The predicted molar refractivity (Wildman–Crippen MR) is 61.8 cm³/mol. The summed E-state index contributed by atoms with van der Waals surface area (Å²) in [5.74, 6) is -0.563. The molecule has 0 radical (unpaired) electrons. The second-order valence-corrected chi connectivity index (χ2v) is 4.44. The van der Waals surface area contributed by atoms with Crippen LogP contribution in [-0.4, -0.2) is 54.9 Å². The molecule has 0 aromatic rings. The minimum atomic E-state index is -1.07. The van der Waals surface area contributed by atoms with Gasteiger partial charge in [-0.25, -0.2) is 9.59 Å². The van der Waals surface area contributed by atoms with E-state index in [4.69, 9.17) is 9.84 Å². The average molecular weight is 244 g/mol. The average Bonchev–Trinajstić information content (AvgIpc) is 2.29. The van der Waals surface area contributed by atoms with Gasteiger partial charge in [0.2, 0.25) is 0 Å². The third-order valence-corrected chi connectivity index (χ3v) is 2.94. The maximum absolute atomic E-state index is 11.8. The summed E-state index contributed by atoms with van der Waals surface area (Å²) in [5, 5.41) is 11.3. The molecule has 1 rings (SSSR count). The number of amides is 2. The lowest BCUT2D eigenvalue weighted by Gasteiger charge is -2.31. The van der Waals surface area contributed by atoms with E-state index in [0.29, 0.717) is 5.92 Å². The number of carboxylic acid groups (broad SMARTS) is 1. The van der Waals surface area contributed by atoms with Gasteiger partial charge in [0.15, 0.2) is 6.10 Å². The summed E-state index contributed by atoms with van der Waals surface area (Å²) < 4.78 is 4.74. The molecule has 6 nitrogen and oxygen atoms in total. The molecule has 98 valence electrons. The molecule has 1 aliphatic heterocycles. The van der Waals surface area contributed by atoms with Crippen LogP contribution in [0, 0.1) is 5.92 Å².